The zero-order chi connectivity index (χ0) is 11.8. The summed E-state index contributed by atoms with van der Waals surface area (Å²) in [4.78, 5) is 11.4. The van der Waals surface area contributed by atoms with Gasteiger partial charge in [-0.05, 0) is 52.5 Å². The number of ether oxygens (including phenoxy) is 1. The van der Waals surface area contributed by atoms with Gasteiger partial charge in [0.05, 0.1) is 0 Å². The van der Waals surface area contributed by atoms with Crippen molar-refractivity contribution in [2.24, 2.45) is 5.92 Å². The minimum absolute atomic E-state index is 0.272. The molecule has 2 atom stereocenters. The second kappa shape index (κ2) is 4.24. The molecule has 92 valence electrons. The first-order valence-corrected chi connectivity index (χ1v) is 6.17. The monoisotopic (exact) mass is 226 g/mol. The van der Waals surface area contributed by atoms with E-state index in [1.165, 1.54) is 12.8 Å². The van der Waals surface area contributed by atoms with Crippen LogP contribution in [0.25, 0.3) is 0 Å². The highest BCUT2D eigenvalue weighted by atomic mass is 16.6. The van der Waals surface area contributed by atoms with Crippen molar-refractivity contribution in [2.45, 2.75) is 57.7 Å². The maximum absolute atomic E-state index is 11.4. The van der Waals surface area contributed by atoms with Crippen molar-refractivity contribution >= 4 is 6.09 Å². The summed E-state index contributed by atoms with van der Waals surface area (Å²) < 4.78 is 5.20. The molecule has 0 aromatic rings. The van der Waals surface area contributed by atoms with E-state index in [-0.39, 0.29) is 12.1 Å². The number of hydrogen-bond acceptors (Lipinski definition) is 3. The van der Waals surface area contributed by atoms with E-state index in [0.29, 0.717) is 6.04 Å². The molecule has 2 aliphatic rings. The van der Waals surface area contributed by atoms with Crippen molar-refractivity contribution < 1.29 is 9.53 Å². The third-order valence-corrected chi connectivity index (χ3v) is 2.86. The number of carbonyl (C=O) groups excluding carboxylic acids is 1. The fourth-order valence-corrected chi connectivity index (χ4v) is 1.68. The van der Waals surface area contributed by atoms with Gasteiger partial charge >= 0.3 is 6.09 Å². The first-order valence-electron chi connectivity index (χ1n) is 6.17. The van der Waals surface area contributed by atoms with Gasteiger partial charge in [-0.25, -0.2) is 4.79 Å². The fourth-order valence-electron chi connectivity index (χ4n) is 1.68. The summed E-state index contributed by atoms with van der Waals surface area (Å²) in [6.45, 7) is 6.74. The topological polar surface area (TPSA) is 50.4 Å². The van der Waals surface area contributed by atoms with Gasteiger partial charge in [-0.2, -0.15) is 0 Å². The van der Waals surface area contributed by atoms with Gasteiger partial charge in [0, 0.05) is 12.1 Å². The van der Waals surface area contributed by atoms with Crippen LogP contribution in [0.5, 0.6) is 0 Å². The number of amides is 1. The van der Waals surface area contributed by atoms with Crippen molar-refractivity contribution in [3.8, 4) is 0 Å². The van der Waals surface area contributed by atoms with Crippen LogP contribution in [0.4, 0.5) is 4.79 Å². The van der Waals surface area contributed by atoms with Gasteiger partial charge in [-0.15, -0.1) is 0 Å². The molecule has 0 aromatic heterocycles. The van der Waals surface area contributed by atoms with Gasteiger partial charge in [0.2, 0.25) is 0 Å². The molecule has 0 aromatic carbocycles. The van der Waals surface area contributed by atoms with Gasteiger partial charge in [0.15, 0.2) is 0 Å². The van der Waals surface area contributed by atoms with E-state index in [2.05, 4.69) is 10.6 Å². The highest BCUT2D eigenvalue weighted by Crippen LogP contribution is 2.29. The molecule has 2 aliphatic carbocycles. The molecule has 0 spiro atoms. The van der Waals surface area contributed by atoms with Crippen LogP contribution in [0.1, 0.15) is 40.0 Å². The third-order valence-electron chi connectivity index (χ3n) is 2.86. The van der Waals surface area contributed by atoms with Gasteiger partial charge < -0.3 is 15.4 Å². The molecule has 2 unspecified atom stereocenters. The number of nitrogens with one attached hydrogen (secondary N) is 2. The van der Waals surface area contributed by atoms with Crippen molar-refractivity contribution in [2.75, 3.05) is 6.54 Å². The highest BCUT2D eigenvalue weighted by Gasteiger charge is 2.39. The molecular weight excluding hydrogens is 204 g/mol. The average Bonchev–Trinajstić information content (AvgIpc) is 2.90. The van der Waals surface area contributed by atoms with E-state index in [1.54, 1.807) is 0 Å². The number of alkyl carbamates (subject to hydrolysis) is 1. The minimum Gasteiger partial charge on any atom is -0.444 e. The lowest BCUT2D eigenvalue weighted by Crippen LogP contribution is -2.37. The maximum Gasteiger partial charge on any atom is 0.407 e. The van der Waals surface area contributed by atoms with Gasteiger partial charge in [0.1, 0.15) is 5.60 Å². The van der Waals surface area contributed by atoms with Crippen LogP contribution in [0.15, 0.2) is 0 Å². The summed E-state index contributed by atoms with van der Waals surface area (Å²) in [6, 6.07) is 0.738. The molecule has 0 aliphatic heterocycles. The number of carbonyl (C=O) groups is 1. The molecule has 2 saturated carbocycles. The Labute approximate surface area is 97.1 Å². The maximum atomic E-state index is 11.4. The third kappa shape index (κ3) is 4.00. The molecule has 0 saturated heterocycles. The van der Waals surface area contributed by atoms with Crippen LogP contribution in [0, 0.1) is 5.92 Å². The predicted octanol–water partition coefficient (Wildman–Crippen LogP) is 1.65. The average molecular weight is 226 g/mol. The van der Waals surface area contributed by atoms with E-state index < -0.39 is 5.60 Å². The summed E-state index contributed by atoms with van der Waals surface area (Å²) in [7, 11) is 0. The van der Waals surface area contributed by atoms with E-state index >= 15 is 0 Å². The van der Waals surface area contributed by atoms with Crippen LogP contribution in [-0.4, -0.2) is 30.3 Å². The van der Waals surface area contributed by atoms with E-state index in [1.807, 2.05) is 20.8 Å². The first kappa shape index (κ1) is 11.7. The quantitative estimate of drug-likeness (QED) is 0.766. The van der Waals surface area contributed by atoms with Crippen molar-refractivity contribution in [1.82, 2.24) is 10.6 Å². The zero-order valence-corrected chi connectivity index (χ0v) is 10.4. The van der Waals surface area contributed by atoms with Crippen LogP contribution in [-0.2, 0) is 4.74 Å². The molecule has 16 heavy (non-hydrogen) atoms. The van der Waals surface area contributed by atoms with Crippen LogP contribution in [0.2, 0.25) is 0 Å². The Morgan fingerprint density at radius 1 is 1.31 bits per heavy atom. The van der Waals surface area contributed by atoms with Crippen LogP contribution < -0.4 is 10.6 Å². The largest absolute Gasteiger partial charge is 0.444 e. The molecular formula is C12H22N2O2. The molecule has 1 amide bonds. The summed E-state index contributed by atoms with van der Waals surface area (Å²) in [5.41, 5.74) is -0.407. The zero-order valence-electron chi connectivity index (χ0n) is 10.4. The number of hydrogen-bond donors (Lipinski definition) is 2. The molecule has 4 heteroatoms. The standard InChI is InChI=1S/C12H22N2O2/c1-12(2,3)16-11(15)14-10-6-9(10)13-7-8-4-5-8/h8-10,13H,4-7H2,1-3H3,(H,14,15). The molecule has 0 bridgehead atoms. The van der Waals surface area contributed by atoms with E-state index in [0.717, 1.165) is 18.9 Å². The summed E-state index contributed by atoms with van der Waals surface area (Å²) in [5, 5.41) is 6.35. The molecule has 2 N–H and O–H groups in total. The second-order valence-corrected chi connectivity index (χ2v) is 5.95. The van der Waals surface area contributed by atoms with Crippen molar-refractivity contribution in [3.05, 3.63) is 0 Å². The molecule has 2 fully saturated rings. The van der Waals surface area contributed by atoms with Crippen LogP contribution in [0.3, 0.4) is 0 Å². The molecule has 4 nitrogen and oxygen atoms in total. The fraction of sp³-hybridized carbons (Fsp3) is 0.917. The molecule has 0 heterocycles. The molecule has 0 radical (unpaired) electrons. The minimum atomic E-state index is -0.407. The van der Waals surface area contributed by atoms with Gasteiger partial charge in [-0.1, -0.05) is 0 Å². The summed E-state index contributed by atoms with van der Waals surface area (Å²) in [6.07, 6.45) is 3.47. The van der Waals surface area contributed by atoms with Gasteiger partial charge in [-0.3, -0.25) is 0 Å². The lowest BCUT2D eigenvalue weighted by molar-refractivity contribution is 0.0522. The SMILES string of the molecule is CC(C)(C)OC(=O)NC1CC1NCC1CC1. The first-order chi connectivity index (χ1) is 7.44. The van der Waals surface area contributed by atoms with Crippen LogP contribution >= 0.6 is 0 Å². The Balaban J connectivity index is 1.58. The Morgan fingerprint density at radius 3 is 2.56 bits per heavy atom. The van der Waals surface area contributed by atoms with E-state index in [4.69, 9.17) is 4.74 Å². The highest BCUT2D eigenvalue weighted by molar-refractivity contribution is 5.68. The second-order valence-electron chi connectivity index (χ2n) is 5.95. The Morgan fingerprint density at radius 2 is 2.00 bits per heavy atom. The normalized spacial score (nSPS) is 28.7. The number of rotatable bonds is 4. The summed E-state index contributed by atoms with van der Waals surface area (Å²) in [5.74, 6) is 0.891. The lowest BCUT2D eigenvalue weighted by Gasteiger charge is -2.19. The van der Waals surface area contributed by atoms with E-state index in [9.17, 15) is 4.79 Å². The Kier molecular flexibility index (Phi) is 3.10. The van der Waals surface area contributed by atoms with Crippen molar-refractivity contribution in [3.63, 3.8) is 0 Å². The van der Waals surface area contributed by atoms with Crippen molar-refractivity contribution in [1.29, 1.82) is 0 Å². The Hall–Kier alpha value is -0.770. The lowest BCUT2D eigenvalue weighted by atomic mass is 10.2. The Bertz CT molecular complexity index is 269. The predicted molar refractivity (Wildman–Crippen MR) is 62.3 cm³/mol. The van der Waals surface area contributed by atoms with Gasteiger partial charge in [0.25, 0.3) is 0 Å². The smallest absolute Gasteiger partial charge is 0.407 e. The molecule has 2 rings (SSSR count). The summed E-state index contributed by atoms with van der Waals surface area (Å²) >= 11 is 0.